The number of carbonyl (C=O) groups is 1. The molecule has 0 aliphatic rings. The van der Waals surface area contributed by atoms with E-state index >= 15 is 0 Å². The van der Waals surface area contributed by atoms with Crippen LogP contribution in [0.15, 0.2) is 24.3 Å². The number of ether oxygens (including phenoxy) is 2. The van der Waals surface area contributed by atoms with Crippen molar-refractivity contribution in [2.75, 3.05) is 19.0 Å². The molecule has 0 heterocycles. The summed E-state index contributed by atoms with van der Waals surface area (Å²) in [6, 6.07) is 7.58. The average Bonchev–Trinajstić information content (AvgIpc) is 2.45. The second kappa shape index (κ2) is 7.91. The van der Waals surface area contributed by atoms with Gasteiger partial charge in [-0.1, -0.05) is 19.9 Å². The maximum atomic E-state index is 12.3. The van der Waals surface area contributed by atoms with Crippen LogP contribution < -0.4 is 10.1 Å². The summed E-state index contributed by atoms with van der Waals surface area (Å²) >= 11 is 0. The molecule has 1 atom stereocenters. The summed E-state index contributed by atoms with van der Waals surface area (Å²) in [6.45, 7) is 8.41. The number of esters is 1. The molecule has 4 nitrogen and oxygen atoms in total. The molecule has 0 saturated carbocycles. The number of rotatable bonds is 8. The van der Waals surface area contributed by atoms with Crippen LogP contribution in [0.4, 0.5) is 5.69 Å². The van der Waals surface area contributed by atoms with Crippen molar-refractivity contribution in [3.63, 3.8) is 0 Å². The molecule has 0 bridgehead atoms. The van der Waals surface area contributed by atoms with Gasteiger partial charge >= 0.3 is 5.97 Å². The van der Waals surface area contributed by atoms with E-state index in [9.17, 15) is 4.79 Å². The van der Waals surface area contributed by atoms with Gasteiger partial charge in [-0.05, 0) is 44.7 Å². The van der Waals surface area contributed by atoms with Gasteiger partial charge in [-0.25, -0.2) is 4.79 Å². The van der Waals surface area contributed by atoms with Crippen molar-refractivity contribution in [2.24, 2.45) is 5.92 Å². The zero-order valence-electron chi connectivity index (χ0n) is 13.7. The summed E-state index contributed by atoms with van der Waals surface area (Å²) in [7, 11) is 1.63. The lowest BCUT2D eigenvalue weighted by molar-refractivity contribution is -0.148. The van der Waals surface area contributed by atoms with Crippen LogP contribution in [0.2, 0.25) is 0 Å². The minimum absolute atomic E-state index is 0.214. The summed E-state index contributed by atoms with van der Waals surface area (Å²) in [6.07, 6.45) is 1.67. The Balaban J connectivity index is 2.91. The third-order valence-electron chi connectivity index (χ3n) is 3.44. The predicted octanol–water partition coefficient (Wildman–Crippen LogP) is 3.87. The SMILES string of the molecule is CCOC(=O)C(C)(CCC(C)C)Nc1cccc(OC)c1. The van der Waals surface area contributed by atoms with Crippen molar-refractivity contribution in [3.8, 4) is 5.75 Å². The lowest BCUT2D eigenvalue weighted by Crippen LogP contribution is -2.45. The van der Waals surface area contributed by atoms with E-state index in [1.54, 1.807) is 7.11 Å². The van der Waals surface area contributed by atoms with Crippen LogP contribution in [0.5, 0.6) is 5.75 Å². The summed E-state index contributed by atoms with van der Waals surface area (Å²) in [5.41, 5.74) is 0.126. The molecule has 1 rings (SSSR count). The van der Waals surface area contributed by atoms with Crippen LogP contribution in [0, 0.1) is 5.92 Å². The molecule has 1 unspecified atom stereocenters. The molecule has 21 heavy (non-hydrogen) atoms. The summed E-state index contributed by atoms with van der Waals surface area (Å²) in [5.74, 6) is 1.08. The second-order valence-corrected chi connectivity index (χ2v) is 5.84. The zero-order valence-corrected chi connectivity index (χ0v) is 13.7. The van der Waals surface area contributed by atoms with Crippen molar-refractivity contribution < 1.29 is 14.3 Å². The smallest absolute Gasteiger partial charge is 0.331 e. The third kappa shape index (κ3) is 5.29. The van der Waals surface area contributed by atoms with Gasteiger partial charge in [0.15, 0.2) is 0 Å². The molecule has 0 aromatic heterocycles. The van der Waals surface area contributed by atoms with E-state index in [2.05, 4.69) is 19.2 Å². The van der Waals surface area contributed by atoms with Gasteiger partial charge in [0, 0.05) is 11.8 Å². The van der Waals surface area contributed by atoms with Crippen molar-refractivity contribution in [1.82, 2.24) is 0 Å². The molecule has 0 spiro atoms. The minimum Gasteiger partial charge on any atom is -0.497 e. The molecule has 0 fully saturated rings. The van der Waals surface area contributed by atoms with E-state index < -0.39 is 5.54 Å². The molecule has 0 radical (unpaired) electrons. The van der Waals surface area contributed by atoms with Crippen LogP contribution in [-0.2, 0) is 9.53 Å². The number of benzene rings is 1. The molecule has 1 N–H and O–H groups in total. The minimum atomic E-state index is -0.730. The molecule has 0 aliphatic heterocycles. The molecule has 1 aromatic carbocycles. The Bertz CT molecular complexity index is 459. The highest BCUT2D eigenvalue weighted by Gasteiger charge is 2.34. The fraction of sp³-hybridized carbons (Fsp3) is 0.588. The highest BCUT2D eigenvalue weighted by molar-refractivity contribution is 5.84. The molecular weight excluding hydrogens is 266 g/mol. The highest BCUT2D eigenvalue weighted by atomic mass is 16.5. The Hall–Kier alpha value is -1.71. The molecule has 0 aliphatic carbocycles. The lowest BCUT2D eigenvalue weighted by atomic mass is 9.91. The summed E-state index contributed by atoms with van der Waals surface area (Å²) in [4.78, 5) is 12.3. The average molecular weight is 293 g/mol. The van der Waals surface area contributed by atoms with Crippen LogP contribution >= 0.6 is 0 Å². The second-order valence-electron chi connectivity index (χ2n) is 5.84. The largest absolute Gasteiger partial charge is 0.497 e. The van der Waals surface area contributed by atoms with Gasteiger partial charge in [0.05, 0.1) is 13.7 Å². The molecule has 118 valence electrons. The summed E-state index contributed by atoms with van der Waals surface area (Å²) < 4.78 is 10.5. The molecule has 0 saturated heterocycles. The Kier molecular flexibility index (Phi) is 6.53. The number of hydrogen-bond donors (Lipinski definition) is 1. The van der Waals surface area contributed by atoms with Crippen molar-refractivity contribution in [2.45, 2.75) is 46.1 Å². The van der Waals surface area contributed by atoms with E-state index in [0.29, 0.717) is 12.5 Å². The number of methoxy groups -OCH3 is 1. The lowest BCUT2D eigenvalue weighted by Gasteiger charge is -2.30. The van der Waals surface area contributed by atoms with Gasteiger partial charge in [-0.2, -0.15) is 0 Å². The van der Waals surface area contributed by atoms with E-state index in [-0.39, 0.29) is 5.97 Å². The fourth-order valence-corrected chi connectivity index (χ4v) is 2.10. The maximum Gasteiger partial charge on any atom is 0.331 e. The number of carbonyl (C=O) groups excluding carboxylic acids is 1. The first kappa shape index (κ1) is 17.3. The Labute approximate surface area is 127 Å². The van der Waals surface area contributed by atoms with Gasteiger partial charge in [-0.15, -0.1) is 0 Å². The topological polar surface area (TPSA) is 47.6 Å². The Morgan fingerprint density at radius 3 is 2.67 bits per heavy atom. The van der Waals surface area contributed by atoms with Gasteiger partial charge in [0.25, 0.3) is 0 Å². The van der Waals surface area contributed by atoms with E-state index in [0.717, 1.165) is 24.3 Å². The number of hydrogen-bond acceptors (Lipinski definition) is 4. The van der Waals surface area contributed by atoms with Gasteiger partial charge in [0.2, 0.25) is 0 Å². The van der Waals surface area contributed by atoms with Crippen LogP contribution in [0.1, 0.15) is 40.5 Å². The van der Waals surface area contributed by atoms with E-state index in [4.69, 9.17) is 9.47 Å². The number of anilines is 1. The molecule has 0 amide bonds. The van der Waals surface area contributed by atoms with E-state index in [1.165, 1.54) is 0 Å². The van der Waals surface area contributed by atoms with Gasteiger partial charge in [0.1, 0.15) is 11.3 Å². The first-order valence-electron chi connectivity index (χ1n) is 7.50. The first-order valence-corrected chi connectivity index (χ1v) is 7.50. The van der Waals surface area contributed by atoms with Crippen molar-refractivity contribution >= 4 is 11.7 Å². The maximum absolute atomic E-state index is 12.3. The number of nitrogens with one attached hydrogen (secondary N) is 1. The van der Waals surface area contributed by atoms with Crippen molar-refractivity contribution in [1.29, 1.82) is 0 Å². The fourth-order valence-electron chi connectivity index (χ4n) is 2.10. The molecule has 4 heteroatoms. The standard InChI is InChI=1S/C17H27NO3/c1-6-21-16(19)17(4,11-10-13(2)3)18-14-8-7-9-15(12-14)20-5/h7-9,12-13,18H,6,10-11H2,1-5H3. The molecule has 1 aromatic rings. The Morgan fingerprint density at radius 1 is 1.38 bits per heavy atom. The normalized spacial score (nSPS) is 13.6. The van der Waals surface area contributed by atoms with Crippen LogP contribution in [0.25, 0.3) is 0 Å². The van der Waals surface area contributed by atoms with Crippen LogP contribution in [-0.4, -0.2) is 25.2 Å². The quantitative estimate of drug-likeness (QED) is 0.739. The first-order chi connectivity index (χ1) is 9.91. The monoisotopic (exact) mass is 293 g/mol. The zero-order chi connectivity index (χ0) is 15.9. The summed E-state index contributed by atoms with van der Waals surface area (Å²) in [5, 5.41) is 3.32. The van der Waals surface area contributed by atoms with Crippen LogP contribution in [0.3, 0.4) is 0 Å². The highest BCUT2D eigenvalue weighted by Crippen LogP contribution is 2.26. The van der Waals surface area contributed by atoms with E-state index in [1.807, 2.05) is 38.1 Å². The Morgan fingerprint density at radius 2 is 2.10 bits per heavy atom. The third-order valence-corrected chi connectivity index (χ3v) is 3.44. The predicted molar refractivity (Wildman–Crippen MR) is 85.7 cm³/mol. The van der Waals surface area contributed by atoms with Crippen molar-refractivity contribution in [3.05, 3.63) is 24.3 Å². The van der Waals surface area contributed by atoms with Gasteiger partial charge in [-0.3, -0.25) is 0 Å². The molecular formula is C17H27NO3. The van der Waals surface area contributed by atoms with Gasteiger partial charge < -0.3 is 14.8 Å².